The van der Waals surface area contributed by atoms with E-state index in [1.165, 1.54) is 12.8 Å². The first-order chi connectivity index (χ1) is 14.0. The minimum Gasteiger partial charge on any atom is -0.325 e. The van der Waals surface area contributed by atoms with Crippen LogP contribution in [0.3, 0.4) is 0 Å². The molecule has 1 N–H and O–H groups in total. The lowest BCUT2D eigenvalue weighted by atomic mass is 9.52. The molecule has 150 valence electrons. The van der Waals surface area contributed by atoms with Gasteiger partial charge in [-0.1, -0.05) is 67.1 Å². The van der Waals surface area contributed by atoms with Crippen molar-refractivity contribution in [3.05, 3.63) is 63.6 Å². The van der Waals surface area contributed by atoms with Gasteiger partial charge in [0.05, 0.1) is 5.41 Å². The molecule has 0 aromatic heterocycles. The van der Waals surface area contributed by atoms with Gasteiger partial charge < -0.3 is 5.32 Å². The van der Waals surface area contributed by atoms with Crippen molar-refractivity contribution in [3.63, 3.8) is 0 Å². The minimum absolute atomic E-state index is 0.00217. The Morgan fingerprint density at radius 2 is 1.69 bits per heavy atom. The van der Waals surface area contributed by atoms with Gasteiger partial charge in [0.25, 0.3) is 0 Å². The highest BCUT2D eigenvalue weighted by Crippen LogP contribution is 2.60. The Kier molecular flexibility index (Phi) is 4.71. The van der Waals surface area contributed by atoms with Gasteiger partial charge in [-0.05, 0) is 47.2 Å². The molecular formula is C24H23Cl2NO2. The Hall–Kier alpha value is -1.84. The first kappa shape index (κ1) is 19.1. The highest BCUT2D eigenvalue weighted by molar-refractivity contribution is 6.31. The average Bonchev–Trinajstić information content (AvgIpc) is 3.31. The molecule has 2 aromatic rings. The van der Waals surface area contributed by atoms with Crippen LogP contribution in [0.25, 0.3) is 0 Å². The van der Waals surface area contributed by atoms with E-state index in [9.17, 15) is 9.59 Å². The largest absolute Gasteiger partial charge is 0.325 e. The van der Waals surface area contributed by atoms with Crippen LogP contribution in [0.2, 0.25) is 10.0 Å². The monoisotopic (exact) mass is 427 g/mol. The van der Waals surface area contributed by atoms with Crippen molar-refractivity contribution in [1.82, 2.24) is 0 Å². The van der Waals surface area contributed by atoms with E-state index in [4.69, 9.17) is 23.2 Å². The van der Waals surface area contributed by atoms with E-state index >= 15 is 0 Å². The third-order valence-corrected chi connectivity index (χ3v) is 7.76. The number of hydrogen-bond donors (Lipinski definition) is 1. The fraction of sp³-hybridized carbons (Fsp3) is 0.417. The van der Waals surface area contributed by atoms with Crippen LogP contribution in [-0.4, -0.2) is 11.7 Å². The average molecular weight is 428 g/mol. The van der Waals surface area contributed by atoms with E-state index in [2.05, 4.69) is 5.32 Å². The van der Waals surface area contributed by atoms with Crippen LogP contribution in [-0.2, 0) is 15.0 Å². The van der Waals surface area contributed by atoms with Gasteiger partial charge >= 0.3 is 0 Å². The second-order valence-electron chi connectivity index (χ2n) is 8.72. The highest BCUT2D eigenvalue weighted by atomic mass is 35.5. The summed E-state index contributed by atoms with van der Waals surface area (Å²) in [5.74, 6) is 0.401. The molecule has 1 heterocycles. The van der Waals surface area contributed by atoms with Gasteiger partial charge in [0.1, 0.15) is 5.78 Å². The third-order valence-electron chi connectivity index (χ3n) is 7.29. The van der Waals surface area contributed by atoms with Gasteiger partial charge in [0.2, 0.25) is 5.91 Å². The van der Waals surface area contributed by atoms with Gasteiger partial charge in [-0.25, -0.2) is 0 Å². The lowest BCUT2D eigenvalue weighted by Gasteiger charge is -2.48. The summed E-state index contributed by atoms with van der Waals surface area (Å²) in [5, 5.41) is 4.34. The zero-order valence-electron chi connectivity index (χ0n) is 16.1. The molecule has 5 rings (SSSR count). The summed E-state index contributed by atoms with van der Waals surface area (Å²) in [6.45, 7) is 0. The molecule has 0 bridgehead atoms. The van der Waals surface area contributed by atoms with E-state index in [1.807, 2.05) is 42.5 Å². The number of carbonyl (C=O) groups excluding carboxylic acids is 2. The SMILES string of the molecule is O=C1CC(c2cccc(Cl)c2)C2(C(=O)Nc3cc(Cl)ccc32)C(C2CCCC2)C1. The maximum atomic E-state index is 13.8. The molecule has 3 aliphatic rings. The molecule has 3 atom stereocenters. The Balaban J connectivity index is 1.75. The van der Waals surface area contributed by atoms with Crippen molar-refractivity contribution in [2.45, 2.75) is 49.9 Å². The molecule has 2 fully saturated rings. The number of ketones is 1. The number of anilines is 1. The first-order valence-corrected chi connectivity index (χ1v) is 11.1. The topological polar surface area (TPSA) is 46.2 Å². The van der Waals surface area contributed by atoms with Crippen LogP contribution in [0.15, 0.2) is 42.5 Å². The first-order valence-electron chi connectivity index (χ1n) is 10.4. The molecule has 1 amide bonds. The molecule has 2 aliphatic carbocycles. The van der Waals surface area contributed by atoms with E-state index in [0.29, 0.717) is 28.8 Å². The molecule has 29 heavy (non-hydrogen) atoms. The quantitative estimate of drug-likeness (QED) is 0.625. The predicted octanol–water partition coefficient (Wildman–Crippen LogP) is 6.14. The number of nitrogens with one attached hydrogen (secondary N) is 1. The summed E-state index contributed by atoms with van der Waals surface area (Å²) in [5.41, 5.74) is 1.98. The summed E-state index contributed by atoms with van der Waals surface area (Å²) in [6.07, 6.45) is 5.33. The summed E-state index contributed by atoms with van der Waals surface area (Å²) in [4.78, 5) is 26.7. The molecule has 2 aromatic carbocycles. The van der Waals surface area contributed by atoms with Gasteiger partial charge in [-0.15, -0.1) is 0 Å². The standard InChI is InChI=1S/C24H23Cl2NO2/c25-16-7-3-6-15(10-16)21-13-18(28)12-20(14-4-1-2-5-14)24(21)19-9-8-17(26)11-22(19)27-23(24)29/h3,6-11,14,20-21H,1-2,4-5,12-13H2,(H,27,29). The van der Waals surface area contributed by atoms with Crippen LogP contribution in [0, 0.1) is 11.8 Å². The Morgan fingerprint density at radius 1 is 0.931 bits per heavy atom. The van der Waals surface area contributed by atoms with Gasteiger partial charge in [-0.2, -0.15) is 0 Å². The van der Waals surface area contributed by atoms with Crippen LogP contribution >= 0.6 is 23.2 Å². The van der Waals surface area contributed by atoms with Gasteiger partial charge in [0, 0.05) is 34.5 Å². The molecule has 0 radical (unpaired) electrons. The smallest absolute Gasteiger partial charge is 0.236 e. The number of amides is 1. The maximum absolute atomic E-state index is 13.8. The maximum Gasteiger partial charge on any atom is 0.236 e. The van der Waals surface area contributed by atoms with Crippen molar-refractivity contribution >= 4 is 40.6 Å². The fourth-order valence-corrected chi connectivity index (χ4v) is 6.55. The van der Waals surface area contributed by atoms with Crippen molar-refractivity contribution in [3.8, 4) is 0 Å². The zero-order chi connectivity index (χ0) is 20.2. The Morgan fingerprint density at radius 3 is 2.45 bits per heavy atom. The summed E-state index contributed by atoms with van der Waals surface area (Å²) in [6, 6.07) is 13.3. The van der Waals surface area contributed by atoms with E-state index < -0.39 is 5.41 Å². The lowest BCUT2D eigenvalue weighted by Crippen LogP contribution is -2.53. The predicted molar refractivity (Wildman–Crippen MR) is 116 cm³/mol. The number of rotatable bonds is 2. The summed E-state index contributed by atoms with van der Waals surface area (Å²) < 4.78 is 0. The molecule has 3 unspecified atom stereocenters. The summed E-state index contributed by atoms with van der Waals surface area (Å²) >= 11 is 12.5. The highest BCUT2D eigenvalue weighted by Gasteiger charge is 2.61. The van der Waals surface area contributed by atoms with Gasteiger partial charge in [0.15, 0.2) is 0 Å². The van der Waals surface area contributed by atoms with E-state index in [1.54, 1.807) is 0 Å². The molecule has 1 aliphatic heterocycles. The van der Waals surface area contributed by atoms with Crippen LogP contribution in [0.1, 0.15) is 55.6 Å². The zero-order valence-corrected chi connectivity index (χ0v) is 17.6. The number of hydrogen-bond acceptors (Lipinski definition) is 2. The van der Waals surface area contributed by atoms with Crippen molar-refractivity contribution < 1.29 is 9.59 Å². The minimum atomic E-state index is -0.756. The van der Waals surface area contributed by atoms with Gasteiger partial charge in [-0.3, -0.25) is 9.59 Å². The van der Waals surface area contributed by atoms with Crippen molar-refractivity contribution in [2.75, 3.05) is 5.32 Å². The molecule has 0 saturated heterocycles. The molecular weight excluding hydrogens is 405 g/mol. The second-order valence-corrected chi connectivity index (χ2v) is 9.59. The van der Waals surface area contributed by atoms with Crippen LogP contribution in [0.5, 0.6) is 0 Å². The Labute approximate surface area is 180 Å². The molecule has 5 heteroatoms. The fourth-order valence-electron chi connectivity index (χ4n) is 6.18. The van der Waals surface area contributed by atoms with E-state index in [-0.39, 0.29) is 23.5 Å². The normalized spacial score (nSPS) is 29.3. The second kappa shape index (κ2) is 7.14. The number of benzene rings is 2. The molecule has 1 spiro atoms. The van der Waals surface area contributed by atoms with Crippen LogP contribution < -0.4 is 5.32 Å². The number of carbonyl (C=O) groups is 2. The van der Waals surface area contributed by atoms with Crippen molar-refractivity contribution in [1.29, 1.82) is 0 Å². The van der Waals surface area contributed by atoms with Crippen molar-refractivity contribution in [2.24, 2.45) is 11.8 Å². The number of halogens is 2. The molecule has 2 saturated carbocycles. The number of fused-ring (bicyclic) bond motifs is 2. The molecule has 3 nitrogen and oxygen atoms in total. The number of Topliss-reactive ketones (excluding diaryl/α,β-unsaturated/α-hetero) is 1. The lowest BCUT2D eigenvalue weighted by molar-refractivity contribution is -0.132. The van der Waals surface area contributed by atoms with E-state index in [0.717, 1.165) is 29.7 Å². The third kappa shape index (κ3) is 2.93. The summed E-state index contributed by atoms with van der Waals surface area (Å²) in [7, 11) is 0. The van der Waals surface area contributed by atoms with Crippen LogP contribution in [0.4, 0.5) is 5.69 Å². The Bertz CT molecular complexity index is 998.